The number of carbonyl (C=O) groups is 2. The Morgan fingerprint density at radius 3 is 2.18 bits per heavy atom. The van der Waals surface area contributed by atoms with E-state index in [1.165, 1.54) is 35.0 Å². The third-order valence-electron chi connectivity index (χ3n) is 13.5. The number of nitrogens with one attached hydrogen (secondary N) is 2. The zero-order valence-electron chi connectivity index (χ0n) is 42.3. The zero-order chi connectivity index (χ0) is 53.6. The molecule has 2 saturated heterocycles. The molecule has 3 aliphatic rings. The summed E-state index contributed by atoms with van der Waals surface area (Å²) in [6, 6.07) is 24.7. The predicted molar refractivity (Wildman–Crippen MR) is 285 cm³/mol. The highest BCUT2D eigenvalue weighted by atomic mass is 35.5. The average Bonchev–Trinajstić information content (AvgIpc) is 3.34. The molecule has 402 valence electrons. The van der Waals surface area contributed by atoms with Crippen molar-refractivity contribution < 1.29 is 49.4 Å². The minimum Gasteiger partial charge on any atom is -0.444 e. The van der Waals surface area contributed by atoms with E-state index in [1.54, 1.807) is 37.8 Å². The van der Waals surface area contributed by atoms with Gasteiger partial charge in [-0.25, -0.2) is 26.4 Å². The van der Waals surface area contributed by atoms with Gasteiger partial charge in [0.25, 0.3) is 25.8 Å². The largest absolute Gasteiger partial charge is 0.501 e. The molecule has 1 aliphatic carbocycles. The first kappa shape index (κ1) is 56.9. The summed E-state index contributed by atoms with van der Waals surface area (Å²) in [4.78, 5) is 32.9. The number of carbonyl (C=O) groups excluding carboxylic acids is 2. The lowest BCUT2D eigenvalue weighted by Crippen LogP contribution is -2.55. The smallest absolute Gasteiger partial charge is 0.444 e. The molecule has 0 saturated carbocycles. The molecule has 7 rings (SSSR count). The van der Waals surface area contributed by atoms with Gasteiger partial charge in [-0.15, -0.1) is 11.8 Å². The van der Waals surface area contributed by atoms with Gasteiger partial charge in [0.2, 0.25) is 0 Å². The monoisotopic (exact) mass is 1100 g/mol. The number of sulfone groups is 1. The van der Waals surface area contributed by atoms with Crippen LogP contribution < -0.4 is 14.9 Å². The Bertz CT molecular complexity index is 2860. The van der Waals surface area contributed by atoms with Crippen LogP contribution in [0.15, 0.2) is 117 Å². The minimum atomic E-state index is -6.14. The highest BCUT2D eigenvalue weighted by Crippen LogP contribution is 2.43. The molecule has 2 atom stereocenters. The summed E-state index contributed by atoms with van der Waals surface area (Å²) in [6.45, 7) is 14.6. The second-order valence-corrected chi connectivity index (χ2v) is 26.0. The second kappa shape index (κ2) is 23.6. The van der Waals surface area contributed by atoms with Crippen LogP contribution in [-0.2, 0) is 24.6 Å². The molecule has 0 radical (unpaired) electrons. The summed E-state index contributed by atoms with van der Waals surface area (Å²) < 4.78 is 104. The third-order valence-corrected chi connectivity index (χ3v) is 17.8. The van der Waals surface area contributed by atoms with Gasteiger partial charge < -0.3 is 25.0 Å². The van der Waals surface area contributed by atoms with Gasteiger partial charge >= 0.3 is 11.6 Å². The van der Waals surface area contributed by atoms with E-state index >= 15 is 0 Å². The van der Waals surface area contributed by atoms with Crippen molar-refractivity contribution in [3.05, 3.63) is 119 Å². The number of nitrogens with zero attached hydrogens (tertiary/aromatic N) is 4. The molecule has 4 aromatic rings. The van der Waals surface area contributed by atoms with Crippen LogP contribution in [-0.4, -0.2) is 143 Å². The van der Waals surface area contributed by atoms with E-state index in [0.29, 0.717) is 81.3 Å². The quantitative estimate of drug-likeness (QED) is 0.0857. The van der Waals surface area contributed by atoms with Crippen molar-refractivity contribution in [1.82, 2.24) is 19.4 Å². The van der Waals surface area contributed by atoms with Gasteiger partial charge in [0.05, 0.1) is 23.2 Å². The van der Waals surface area contributed by atoms with Crippen LogP contribution in [0, 0.1) is 5.41 Å². The molecule has 3 N–H and O–H groups in total. The number of aliphatic hydroxyl groups excluding tert-OH is 1. The Morgan fingerprint density at radius 1 is 0.878 bits per heavy atom. The van der Waals surface area contributed by atoms with Gasteiger partial charge in [-0.1, -0.05) is 61.4 Å². The number of ether oxygens (including phenoxy) is 1. The normalized spacial score (nSPS) is 18.8. The van der Waals surface area contributed by atoms with Crippen molar-refractivity contribution in [2.24, 2.45) is 5.41 Å². The van der Waals surface area contributed by atoms with Crippen LogP contribution in [0.4, 0.5) is 29.3 Å². The van der Waals surface area contributed by atoms with Gasteiger partial charge in [-0.2, -0.15) is 13.2 Å². The Hall–Kier alpha value is -4.83. The number of hydrogen-bond acceptors (Lipinski definition) is 13. The molecule has 0 unspecified atom stereocenters. The Kier molecular flexibility index (Phi) is 18.1. The molecule has 4 aromatic carbocycles. The Morgan fingerprint density at radius 2 is 1.54 bits per heavy atom. The van der Waals surface area contributed by atoms with Crippen molar-refractivity contribution in [2.75, 3.05) is 81.5 Å². The van der Waals surface area contributed by atoms with Crippen LogP contribution in [0.3, 0.4) is 0 Å². The van der Waals surface area contributed by atoms with Crippen LogP contribution in [0.5, 0.6) is 0 Å². The first-order valence-electron chi connectivity index (χ1n) is 24.6. The van der Waals surface area contributed by atoms with Crippen molar-refractivity contribution in [3.63, 3.8) is 0 Å². The van der Waals surface area contributed by atoms with Gasteiger partial charge in [0, 0.05) is 91.9 Å². The molecule has 74 heavy (non-hydrogen) atoms. The van der Waals surface area contributed by atoms with E-state index in [9.17, 15) is 44.7 Å². The topological polar surface area (TPSA) is 169 Å². The zero-order valence-corrected chi connectivity index (χ0v) is 45.5. The van der Waals surface area contributed by atoms with Gasteiger partial charge in [0.1, 0.15) is 10.5 Å². The number of hydrogen-bond donors (Lipinski definition) is 3. The predicted octanol–water partition coefficient (Wildman–Crippen LogP) is 9.41. The number of piperazine rings is 2. The number of aliphatic hydroxyl groups is 1. The molecule has 0 spiro atoms. The summed E-state index contributed by atoms with van der Waals surface area (Å²) in [7, 11) is -11.1. The standard InChI is InChI=1S/C53H66ClF3N6O8S3/c1-51(2,3)71-50(66)62-28-25-60(26-29-62)24-22-41(36-72-44-9-7-6-8-10-44)58-47-20-19-45(31-48(47)73(67,68)53(55,56)57)74(69,70)59-49(65)38-13-17-42(18-14-38)63-30-27-61(34-43(63)35-64)33-39-32-52(4,5)23-21-46(39)37-11-15-40(54)16-12-37/h6-20,31,41,43,58,64H,21-30,32-36H2,1-5H3,(H,59,65)/t41-,43+/m1/s1. The molecular formula is C53H66ClF3N6O8S3. The number of allylic oxidation sites excluding steroid dienone is 1. The molecule has 2 amide bonds. The number of anilines is 2. The molecule has 21 heteroatoms. The van der Waals surface area contributed by atoms with Crippen LogP contribution in [0.1, 0.15) is 76.2 Å². The van der Waals surface area contributed by atoms with Gasteiger partial charge in [-0.3, -0.25) is 14.6 Å². The van der Waals surface area contributed by atoms with Crippen molar-refractivity contribution >= 4 is 72.2 Å². The lowest BCUT2D eigenvalue weighted by atomic mass is 9.72. The van der Waals surface area contributed by atoms with E-state index in [-0.39, 0.29) is 23.6 Å². The summed E-state index contributed by atoms with van der Waals surface area (Å²) >= 11 is 7.61. The summed E-state index contributed by atoms with van der Waals surface area (Å²) in [5.74, 6) is -0.796. The summed E-state index contributed by atoms with van der Waals surface area (Å²) in [5.41, 5.74) is -2.31. The lowest BCUT2D eigenvalue weighted by molar-refractivity contribution is -0.0436. The van der Waals surface area contributed by atoms with Crippen LogP contribution >= 0.6 is 23.4 Å². The van der Waals surface area contributed by atoms with Crippen LogP contribution in [0.25, 0.3) is 5.57 Å². The minimum absolute atomic E-state index is 0.0791. The number of thioether (sulfide) groups is 1. The van der Waals surface area contributed by atoms with Crippen molar-refractivity contribution in [2.45, 2.75) is 98.2 Å². The van der Waals surface area contributed by atoms with Gasteiger partial charge in [-0.05, 0) is 130 Å². The fourth-order valence-electron chi connectivity index (χ4n) is 9.52. The molecular weight excluding hydrogens is 1040 g/mol. The van der Waals surface area contributed by atoms with Crippen molar-refractivity contribution in [1.29, 1.82) is 0 Å². The molecule has 2 heterocycles. The highest BCUT2D eigenvalue weighted by Gasteiger charge is 2.48. The van der Waals surface area contributed by atoms with E-state index in [1.807, 2.05) is 52.1 Å². The molecule has 14 nitrogen and oxygen atoms in total. The Labute approximate surface area is 442 Å². The van der Waals surface area contributed by atoms with Crippen LogP contribution in [0.2, 0.25) is 5.02 Å². The third kappa shape index (κ3) is 14.8. The number of sulfonamides is 1. The lowest BCUT2D eigenvalue weighted by Gasteiger charge is -2.43. The van der Waals surface area contributed by atoms with Gasteiger partial charge in [0.15, 0.2) is 0 Å². The molecule has 2 fully saturated rings. The molecule has 2 aliphatic heterocycles. The fraction of sp³-hybridized carbons (Fsp3) is 0.472. The van der Waals surface area contributed by atoms with E-state index in [4.69, 9.17) is 16.3 Å². The maximum Gasteiger partial charge on any atom is 0.501 e. The first-order valence-corrected chi connectivity index (χ1v) is 29.0. The fourth-order valence-corrected chi connectivity index (χ4v) is 12.7. The number of amides is 2. The summed E-state index contributed by atoms with van der Waals surface area (Å²) in [6.07, 6.45) is 2.88. The second-order valence-electron chi connectivity index (χ2n) is 20.8. The summed E-state index contributed by atoms with van der Waals surface area (Å²) in [5, 5.41) is 14.2. The highest BCUT2D eigenvalue weighted by molar-refractivity contribution is 7.99. The number of rotatable bonds is 17. The Balaban J connectivity index is 1.03. The van der Waals surface area contributed by atoms with Crippen molar-refractivity contribution in [3.8, 4) is 0 Å². The first-order chi connectivity index (χ1) is 34.8. The maximum atomic E-state index is 14.4. The average molecular weight is 1100 g/mol. The number of alkyl halides is 3. The number of benzene rings is 4. The maximum absolute atomic E-state index is 14.4. The number of halogens is 4. The molecule has 0 bridgehead atoms. The van der Waals surface area contributed by atoms with E-state index in [2.05, 4.69) is 41.1 Å². The van der Waals surface area contributed by atoms with E-state index < -0.39 is 64.5 Å². The molecule has 0 aromatic heterocycles. The SMILES string of the molecule is CC1(C)CCC(c2ccc(Cl)cc2)=C(CN2CCN(c3ccc(C(=O)NS(=O)(=O)c4ccc(N[C@H](CCN5CCN(C(=O)OC(C)(C)C)CC5)CSc5ccccc5)c(S(=O)(=O)C(F)(F)F)c4)cc3)[C@H](CO)C2)C1. The van der Waals surface area contributed by atoms with E-state index in [0.717, 1.165) is 48.4 Å².